The van der Waals surface area contributed by atoms with Crippen molar-refractivity contribution in [3.05, 3.63) is 59.1 Å². The van der Waals surface area contributed by atoms with Gasteiger partial charge in [0.15, 0.2) is 0 Å². The van der Waals surface area contributed by atoms with Crippen molar-refractivity contribution in [3.63, 3.8) is 0 Å². The maximum atomic E-state index is 12.9. The van der Waals surface area contributed by atoms with Crippen LogP contribution in [0.2, 0.25) is 0 Å². The molecule has 1 N–H and O–H groups in total. The van der Waals surface area contributed by atoms with Crippen LogP contribution < -0.4 is 5.32 Å². The molecule has 2 aromatic heterocycles. The second kappa shape index (κ2) is 8.68. The molecule has 0 saturated carbocycles. The van der Waals surface area contributed by atoms with Crippen LogP contribution in [0.5, 0.6) is 0 Å². The average molecular weight is 397 g/mol. The molecule has 1 amide bonds. The number of hydrogen-bond donors (Lipinski definition) is 1. The third-order valence-corrected chi connectivity index (χ3v) is 5.70. The summed E-state index contributed by atoms with van der Waals surface area (Å²) in [7, 11) is 0. The molecule has 146 valence electrons. The van der Waals surface area contributed by atoms with Gasteiger partial charge in [0.2, 0.25) is 0 Å². The Balaban J connectivity index is 1.53. The molecular formula is C21H24N4O2S. The first-order valence-corrected chi connectivity index (χ1v) is 10.4. The average Bonchev–Trinajstić information content (AvgIpc) is 3.39. The number of morpholine rings is 1. The van der Waals surface area contributed by atoms with Crippen LogP contribution >= 0.6 is 11.3 Å². The van der Waals surface area contributed by atoms with Crippen LogP contribution in [0, 0.1) is 6.92 Å². The number of nitrogens with one attached hydrogen (secondary N) is 1. The molecule has 28 heavy (non-hydrogen) atoms. The van der Waals surface area contributed by atoms with Gasteiger partial charge in [0.1, 0.15) is 11.4 Å². The van der Waals surface area contributed by atoms with Crippen LogP contribution in [0.25, 0.3) is 16.3 Å². The molecular weight excluding hydrogens is 372 g/mol. The van der Waals surface area contributed by atoms with E-state index in [1.54, 1.807) is 16.0 Å². The van der Waals surface area contributed by atoms with Crippen molar-refractivity contribution in [1.29, 1.82) is 0 Å². The summed E-state index contributed by atoms with van der Waals surface area (Å²) in [4.78, 5) is 16.3. The summed E-state index contributed by atoms with van der Waals surface area (Å²) in [5, 5.41) is 9.77. The van der Waals surface area contributed by atoms with Crippen molar-refractivity contribution in [3.8, 4) is 16.3 Å². The van der Waals surface area contributed by atoms with Crippen molar-refractivity contribution in [1.82, 2.24) is 20.0 Å². The first-order valence-electron chi connectivity index (χ1n) is 9.50. The maximum Gasteiger partial charge on any atom is 0.270 e. The van der Waals surface area contributed by atoms with E-state index in [1.807, 2.05) is 54.8 Å². The molecule has 1 saturated heterocycles. The SMILES string of the molecule is Cc1ccc(-n2nc(-c3cccs3)cc2C(=O)NCCN2CCOCC2)cc1. The minimum Gasteiger partial charge on any atom is -0.379 e. The summed E-state index contributed by atoms with van der Waals surface area (Å²) in [6, 6.07) is 13.9. The largest absolute Gasteiger partial charge is 0.379 e. The number of ether oxygens (including phenoxy) is 1. The molecule has 1 aliphatic heterocycles. The zero-order valence-electron chi connectivity index (χ0n) is 15.9. The van der Waals surface area contributed by atoms with E-state index in [0.29, 0.717) is 12.2 Å². The molecule has 4 rings (SSSR count). The van der Waals surface area contributed by atoms with Gasteiger partial charge >= 0.3 is 0 Å². The second-order valence-electron chi connectivity index (χ2n) is 6.85. The van der Waals surface area contributed by atoms with Gasteiger partial charge in [0, 0.05) is 26.2 Å². The summed E-state index contributed by atoms with van der Waals surface area (Å²) in [6.45, 7) is 6.83. The minimum absolute atomic E-state index is 0.107. The molecule has 0 atom stereocenters. The number of benzene rings is 1. The predicted octanol–water partition coefficient (Wildman–Crippen LogP) is 2.97. The highest BCUT2D eigenvalue weighted by atomic mass is 32.1. The molecule has 0 aliphatic carbocycles. The van der Waals surface area contributed by atoms with E-state index in [1.165, 1.54) is 5.56 Å². The first kappa shape index (κ1) is 18.9. The Labute approximate surface area is 168 Å². The number of rotatable bonds is 6. The molecule has 7 heteroatoms. The summed E-state index contributed by atoms with van der Waals surface area (Å²) >= 11 is 1.62. The van der Waals surface area contributed by atoms with Crippen LogP contribution in [0.4, 0.5) is 0 Å². The van der Waals surface area contributed by atoms with E-state index >= 15 is 0 Å². The van der Waals surface area contributed by atoms with Crippen molar-refractivity contribution in [2.24, 2.45) is 0 Å². The number of carbonyl (C=O) groups excluding carboxylic acids is 1. The van der Waals surface area contributed by atoms with E-state index in [0.717, 1.165) is 49.1 Å². The topological polar surface area (TPSA) is 59.4 Å². The van der Waals surface area contributed by atoms with Gasteiger partial charge in [0.25, 0.3) is 5.91 Å². The minimum atomic E-state index is -0.107. The fourth-order valence-corrected chi connectivity index (χ4v) is 3.89. The van der Waals surface area contributed by atoms with Crippen LogP contribution in [0.15, 0.2) is 47.8 Å². The van der Waals surface area contributed by atoms with E-state index in [2.05, 4.69) is 10.2 Å². The van der Waals surface area contributed by atoms with Gasteiger partial charge < -0.3 is 10.1 Å². The summed E-state index contributed by atoms with van der Waals surface area (Å²) in [6.07, 6.45) is 0. The molecule has 3 aromatic rings. The lowest BCUT2D eigenvalue weighted by Gasteiger charge is -2.26. The van der Waals surface area contributed by atoms with Crippen LogP contribution in [0.1, 0.15) is 16.1 Å². The van der Waals surface area contributed by atoms with Gasteiger partial charge in [-0.05, 0) is 36.6 Å². The second-order valence-corrected chi connectivity index (χ2v) is 7.80. The lowest BCUT2D eigenvalue weighted by atomic mass is 10.2. The molecule has 0 bridgehead atoms. The third kappa shape index (κ3) is 4.32. The lowest BCUT2D eigenvalue weighted by Crippen LogP contribution is -2.41. The Bertz CT molecular complexity index is 913. The van der Waals surface area contributed by atoms with Gasteiger partial charge in [-0.1, -0.05) is 23.8 Å². The number of hydrogen-bond acceptors (Lipinski definition) is 5. The fourth-order valence-electron chi connectivity index (χ4n) is 3.21. The van der Waals surface area contributed by atoms with Gasteiger partial charge in [-0.25, -0.2) is 4.68 Å². The number of thiophene rings is 1. The molecule has 0 spiro atoms. The summed E-state index contributed by atoms with van der Waals surface area (Å²) in [5.74, 6) is -0.107. The van der Waals surface area contributed by atoms with E-state index < -0.39 is 0 Å². The molecule has 0 radical (unpaired) electrons. The fraction of sp³-hybridized carbons (Fsp3) is 0.333. The van der Waals surface area contributed by atoms with Crippen molar-refractivity contribution >= 4 is 17.2 Å². The molecule has 6 nitrogen and oxygen atoms in total. The number of nitrogens with zero attached hydrogens (tertiary/aromatic N) is 3. The number of carbonyl (C=O) groups is 1. The highest BCUT2D eigenvalue weighted by Crippen LogP contribution is 2.26. The van der Waals surface area contributed by atoms with E-state index in [9.17, 15) is 4.79 Å². The molecule has 0 unspecified atom stereocenters. The molecule has 1 fully saturated rings. The molecule has 3 heterocycles. The third-order valence-electron chi connectivity index (χ3n) is 4.81. The quantitative estimate of drug-likeness (QED) is 0.696. The Morgan fingerprint density at radius 2 is 2.00 bits per heavy atom. The highest BCUT2D eigenvalue weighted by molar-refractivity contribution is 7.13. The van der Waals surface area contributed by atoms with E-state index in [4.69, 9.17) is 9.84 Å². The Hall–Kier alpha value is -2.48. The standard InChI is InChI=1S/C21H24N4O2S/c1-16-4-6-17(7-5-16)25-19(15-18(23-25)20-3-2-14-28-20)21(26)22-8-9-24-10-12-27-13-11-24/h2-7,14-15H,8-13H2,1H3,(H,22,26). The van der Waals surface area contributed by atoms with Crippen molar-refractivity contribution in [2.75, 3.05) is 39.4 Å². The van der Waals surface area contributed by atoms with Crippen molar-refractivity contribution < 1.29 is 9.53 Å². The zero-order valence-corrected chi connectivity index (χ0v) is 16.7. The number of aryl methyl sites for hydroxylation is 1. The van der Waals surface area contributed by atoms with Gasteiger partial charge in [-0.3, -0.25) is 9.69 Å². The maximum absolute atomic E-state index is 12.9. The molecule has 1 aromatic carbocycles. The first-order chi connectivity index (χ1) is 13.7. The Kier molecular flexibility index (Phi) is 5.85. The normalized spacial score (nSPS) is 14.9. The van der Waals surface area contributed by atoms with Crippen LogP contribution in [0.3, 0.4) is 0 Å². The molecule has 1 aliphatic rings. The smallest absolute Gasteiger partial charge is 0.270 e. The van der Waals surface area contributed by atoms with Gasteiger partial charge in [-0.2, -0.15) is 5.10 Å². The van der Waals surface area contributed by atoms with Gasteiger partial charge in [-0.15, -0.1) is 11.3 Å². The van der Waals surface area contributed by atoms with Crippen molar-refractivity contribution in [2.45, 2.75) is 6.92 Å². The Morgan fingerprint density at radius 3 is 2.71 bits per heavy atom. The Morgan fingerprint density at radius 1 is 1.21 bits per heavy atom. The van der Waals surface area contributed by atoms with Crippen LogP contribution in [-0.4, -0.2) is 60.0 Å². The predicted molar refractivity (Wildman–Crippen MR) is 111 cm³/mol. The number of amides is 1. The monoisotopic (exact) mass is 396 g/mol. The summed E-state index contributed by atoms with van der Waals surface area (Å²) < 4.78 is 7.10. The lowest BCUT2D eigenvalue weighted by molar-refractivity contribution is 0.0383. The summed E-state index contributed by atoms with van der Waals surface area (Å²) in [5.41, 5.74) is 3.42. The van der Waals surface area contributed by atoms with Crippen LogP contribution in [-0.2, 0) is 4.74 Å². The number of aromatic nitrogens is 2. The highest BCUT2D eigenvalue weighted by Gasteiger charge is 2.18. The zero-order chi connectivity index (χ0) is 19.3. The van der Waals surface area contributed by atoms with Gasteiger partial charge in [0.05, 0.1) is 23.8 Å². The van der Waals surface area contributed by atoms with E-state index in [-0.39, 0.29) is 5.91 Å².